The van der Waals surface area contributed by atoms with Crippen molar-refractivity contribution in [3.8, 4) is 0 Å². The van der Waals surface area contributed by atoms with Crippen LogP contribution in [-0.4, -0.2) is 19.2 Å². The molecule has 0 aliphatic carbocycles. The Bertz CT molecular complexity index is 1120. The van der Waals surface area contributed by atoms with Crippen LogP contribution in [0.25, 0.3) is 16.7 Å². The van der Waals surface area contributed by atoms with Crippen molar-refractivity contribution in [2.24, 2.45) is 7.05 Å². The fourth-order valence-electron chi connectivity index (χ4n) is 2.79. The number of anilines is 1. The van der Waals surface area contributed by atoms with Crippen molar-refractivity contribution in [1.29, 1.82) is 0 Å². The second kappa shape index (κ2) is 5.45. The minimum atomic E-state index is -0.307. The highest BCUT2D eigenvalue weighted by atomic mass is 19.1. The number of aryl methyl sites for hydroxylation is 1. The number of fused-ring (bicyclic) bond motifs is 3. The van der Waals surface area contributed by atoms with Gasteiger partial charge in [0.25, 0.3) is 5.56 Å². The number of halogens is 1. The topological polar surface area (TPSA) is 64.2 Å². The second-order valence-corrected chi connectivity index (χ2v) is 5.50. The minimum absolute atomic E-state index is 0.116. The van der Waals surface area contributed by atoms with Gasteiger partial charge < -0.3 is 5.32 Å². The molecule has 120 valence electrons. The third-order valence-electron chi connectivity index (χ3n) is 3.97. The third kappa shape index (κ3) is 2.21. The second-order valence-electron chi connectivity index (χ2n) is 5.50. The number of rotatable bonds is 3. The average Bonchev–Trinajstić information content (AvgIpc) is 3.02. The molecule has 0 bridgehead atoms. The molecule has 0 fully saturated rings. The zero-order valence-corrected chi connectivity index (χ0v) is 12.9. The summed E-state index contributed by atoms with van der Waals surface area (Å²) in [5, 5.41) is 12.0. The summed E-state index contributed by atoms with van der Waals surface area (Å²) in [6, 6.07) is 13.5. The molecule has 0 radical (unpaired) electrons. The van der Waals surface area contributed by atoms with E-state index < -0.39 is 0 Å². The van der Waals surface area contributed by atoms with E-state index >= 15 is 0 Å². The molecular formula is C17H14FN5O. The highest BCUT2D eigenvalue weighted by Crippen LogP contribution is 2.15. The van der Waals surface area contributed by atoms with Crippen molar-refractivity contribution in [3.63, 3.8) is 0 Å². The van der Waals surface area contributed by atoms with Crippen LogP contribution in [0.3, 0.4) is 0 Å². The largest absolute Gasteiger partial charge is 0.378 e. The maximum Gasteiger partial charge on any atom is 0.262 e. The number of benzene rings is 2. The lowest BCUT2D eigenvalue weighted by molar-refractivity contribution is 0.628. The molecular weight excluding hydrogens is 309 g/mol. The van der Waals surface area contributed by atoms with Crippen molar-refractivity contribution in [2.45, 2.75) is 6.54 Å². The van der Waals surface area contributed by atoms with Gasteiger partial charge in [-0.2, -0.15) is 0 Å². The van der Waals surface area contributed by atoms with Crippen molar-refractivity contribution in [1.82, 2.24) is 19.2 Å². The van der Waals surface area contributed by atoms with Crippen LogP contribution in [0.5, 0.6) is 0 Å². The maximum atomic E-state index is 13.3. The van der Waals surface area contributed by atoms with E-state index in [1.807, 2.05) is 22.6 Å². The first-order valence-electron chi connectivity index (χ1n) is 7.46. The summed E-state index contributed by atoms with van der Waals surface area (Å²) in [5.74, 6) is 0.801. The molecule has 24 heavy (non-hydrogen) atoms. The van der Waals surface area contributed by atoms with E-state index in [9.17, 15) is 9.18 Å². The number of nitrogens with zero attached hydrogens (tertiary/aromatic N) is 4. The van der Waals surface area contributed by atoms with Gasteiger partial charge in [-0.3, -0.25) is 13.8 Å². The van der Waals surface area contributed by atoms with E-state index in [1.54, 1.807) is 25.2 Å². The van der Waals surface area contributed by atoms with E-state index in [1.165, 1.54) is 16.7 Å². The lowest BCUT2D eigenvalue weighted by atomic mass is 10.2. The average molecular weight is 323 g/mol. The molecule has 4 aromatic rings. The quantitative estimate of drug-likeness (QED) is 0.628. The van der Waals surface area contributed by atoms with Gasteiger partial charge in [0.2, 0.25) is 5.78 Å². The van der Waals surface area contributed by atoms with Crippen LogP contribution in [0, 0.1) is 5.82 Å². The lowest BCUT2D eigenvalue weighted by Gasteiger charge is -2.09. The predicted octanol–water partition coefficient (Wildman–Crippen LogP) is 2.33. The van der Waals surface area contributed by atoms with Gasteiger partial charge >= 0.3 is 0 Å². The minimum Gasteiger partial charge on any atom is -0.378 e. The van der Waals surface area contributed by atoms with Crippen molar-refractivity contribution < 1.29 is 4.39 Å². The monoisotopic (exact) mass is 323 g/mol. The van der Waals surface area contributed by atoms with Gasteiger partial charge in [0.1, 0.15) is 5.82 Å². The molecule has 0 saturated carbocycles. The summed E-state index contributed by atoms with van der Waals surface area (Å²) >= 11 is 0. The summed E-state index contributed by atoms with van der Waals surface area (Å²) in [6.07, 6.45) is 0. The summed E-state index contributed by atoms with van der Waals surface area (Å²) in [5.41, 5.74) is 1.28. The highest BCUT2D eigenvalue weighted by Gasteiger charge is 2.14. The fourth-order valence-corrected chi connectivity index (χ4v) is 2.79. The van der Waals surface area contributed by atoms with Gasteiger partial charge in [0, 0.05) is 12.7 Å². The van der Waals surface area contributed by atoms with E-state index in [4.69, 9.17) is 0 Å². The molecule has 0 amide bonds. The predicted molar refractivity (Wildman–Crippen MR) is 89.5 cm³/mol. The van der Waals surface area contributed by atoms with Gasteiger partial charge in [0.15, 0.2) is 5.82 Å². The number of hydrogen-bond acceptors (Lipinski definition) is 4. The van der Waals surface area contributed by atoms with Gasteiger partial charge in [0.05, 0.1) is 17.4 Å². The van der Waals surface area contributed by atoms with E-state index in [0.717, 1.165) is 5.52 Å². The molecule has 0 atom stereocenters. The molecule has 0 aliphatic heterocycles. The van der Waals surface area contributed by atoms with Crippen LogP contribution in [0.1, 0.15) is 5.82 Å². The number of hydrogen-bond donors (Lipinski definition) is 1. The Labute approximate surface area is 136 Å². The van der Waals surface area contributed by atoms with Crippen LogP contribution in [0.4, 0.5) is 10.1 Å². The molecule has 2 aromatic heterocycles. The standard InChI is InChI=1S/C17H14FN5O/c1-22-16(24)13-7-2-3-8-14(13)23-15(20-21-17(22)23)10-19-12-6-4-5-11(18)9-12/h2-9,19H,10H2,1H3. The molecule has 0 spiro atoms. The molecule has 6 nitrogen and oxygen atoms in total. The molecule has 2 aromatic carbocycles. The summed E-state index contributed by atoms with van der Waals surface area (Å²) < 4.78 is 16.6. The number of para-hydroxylation sites is 1. The first kappa shape index (κ1) is 14.4. The Balaban J connectivity index is 1.83. The Kier molecular flexibility index (Phi) is 3.26. The summed E-state index contributed by atoms with van der Waals surface area (Å²) in [7, 11) is 1.67. The van der Waals surface area contributed by atoms with Crippen LogP contribution in [0.2, 0.25) is 0 Å². The summed E-state index contributed by atoms with van der Waals surface area (Å²) in [6.45, 7) is 0.354. The van der Waals surface area contributed by atoms with Gasteiger partial charge in [-0.15, -0.1) is 10.2 Å². The SMILES string of the molecule is Cn1c(=O)c2ccccc2n2c(CNc3cccc(F)c3)nnc12. The molecule has 4 rings (SSSR count). The maximum absolute atomic E-state index is 13.3. The van der Waals surface area contributed by atoms with Crippen LogP contribution >= 0.6 is 0 Å². The highest BCUT2D eigenvalue weighted by molar-refractivity contribution is 5.80. The van der Waals surface area contributed by atoms with Gasteiger partial charge in [-0.25, -0.2) is 4.39 Å². The molecule has 0 aliphatic rings. The molecule has 2 heterocycles. The summed E-state index contributed by atoms with van der Waals surface area (Å²) in [4.78, 5) is 12.4. The van der Waals surface area contributed by atoms with Crippen molar-refractivity contribution in [3.05, 3.63) is 70.5 Å². The van der Waals surface area contributed by atoms with Crippen LogP contribution in [-0.2, 0) is 13.6 Å². The van der Waals surface area contributed by atoms with Crippen LogP contribution in [0.15, 0.2) is 53.3 Å². The Morgan fingerprint density at radius 1 is 1.12 bits per heavy atom. The van der Waals surface area contributed by atoms with E-state index in [0.29, 0.717) is 29.2 Å². The van der Waals surface area contributed by atoms with Crippen LogP contribution < -0.4 is 10.9 Å². The van der Waals surface area contributed by atoms with Gasteiger partial charge in [-0.1, -0.05) is 18.2 Å². The zero-order valence-electron chi connectivity index (χ0n) is 12.9. The third-order valence-corrected chi connectivity index (χ3v) is 3.97. The smallest absolute Gasteiger partial charge is 0.262 e. The molecule has 0 unspecified atom stereocenters. The lowest BCUT2D eigenvalue weighted by Crippen LogP contribution is -2.20. The van der Waals surface area contributed by atoms with Crippen molar-refractivity contribution >= 4 is 22.4 Å². The normalized spacial score (nSPS) is 11.2. The first-order chi connectivity index (χ1) is 11.6. The molecule has 7 heteroatoms. The Morgan fingerprint density at radius 3 is 2.79 bits per heavy atom. The molecule has 0 saturated heterocycles. The number of nitrogens with one attached hydrogen (secondary N) is 1. The first-order valence-corrected chi connectivity index (χ1v) is 7.46. The zero-order chi connectivity index (χ0) is 16.7. The number of aromatic nitrogens is 4. The van der Waals surface area contributed by atoms with Gasteiger partial charge in [-0.05, 0) is 30.3 Å². The Hall–Kier alpha value is -3.22. The molecule has 1 N–H and O–H groups in total. The Morgan fingerprint density at radius 2 is 1.96 bits per heavy atom. The van der Waals surface area contributed by atoms with E-state index in [-0.39, 0.29) is 11.4 Å². The van der Waals surface area contributed by atoms with Crippen molar-refractivity contribution in [2.75, 3.05) is 5.32 Å². The fraction of sp³-hybridized carbons (Fsp3) is 0.118. The van der Waals surface area contributed by atoms with E-state index in [2.05, 4.69) is 15.5 Å².